The van der Waals surface area contributed by atoms with Gasteiger partial charge in [-0.15, -0.1) is 0 Å². The molecule has 0 aliphatic carbocycles. The van der Waals surface area contributed by atoms with Gasteiger partial charge in [0, 0.05) is 0 Å². The number of unbranched alkanes of at least 4 members (excludes halogenated alkanes) is 4. The molecule has 0 saturated carbocycles. The molecule has 0 aromatic carbocycles. The first-order chi connectivity index (χ1) is 10.0. The molecule has 0 saturated heterocycles. The molecule has 0 aromatic rings. The SMILES string of the molecule is CCCCCC(=O)[O][Sn]([CH2]C)([CH2]C)[O]C(=O)CCCCC. The second kappa shape index (κ2) is 12.3. The van der Waals surface area contributed by atoms with E-state index in [9.17, 15) is 9.59 Å². The fourth-order valence-corrected chi connectivity index (χ4v) is 8.26. The second-order valence-electron chi connectivity index (χ2n) is 5.48. The van der Waals surface area contributed by atoms with Gasteiger partial charge in [0.2, 0.25) is 0 Å². The third kappa shape index (κ3) is 9.38. The van der Waals surface area contributed by atoms with Gasteiger partial charge < -0.3 is 0 Å². The van der Waals surface area contributed by atoms with Crippen molar-refractivity contribution in [1.29, 1.82) is 0 Å². The number of carbonyl (C=O) groups is 2. The average Bonchev–Trinajstić information content (AvgIpc) is 2.47. The summed E-state index contributed by atoms with van der Waals surface area (Å²) in [5.74, 6) is -0.353. The summed E-state index contributed by atoms with van der Waals surface area (Å²) in [5, 5.41) is 0. The number of carbonyl (C=O) groups excluding carboxylic acids is 2. The molecule has 124 valence electrons. The van der Waals surface area contributed by atoms with E-state index in [4.69, 9.17) is 6.15 Å². The van der Waals surface area contributed by atoms with Crippen molar-refractivity contribution in [3.8, 4) is 0 Å². The molecular weight excluding hydrogens is 375 g/mol. The van der Waals surface area contributed by atoms with Crippen molar-refractivity contribution in [1.82, 2.24) is 0 Å². The van der Waals surface area contributed by atoms with Crippen LogP contribution in [-0.4, -0.2) is 31.1 Å². The van der Waals surface area contributed by atoms with Gasteiger partial charge in [-0.2, -0.15) is 0 Å². The van der Waals surface area contributed by atoms with Gasteiger partial charge in [0.1, 0.15) is 0 Å². The number of hydrogen-bond acceptors (Lipinski definition) is 4. The van der Waals surface area contributed by atoms with Crippen LogP contribution in [0.1, 0.15) is 79.1 Å². The predicted molar refractivity (Wildman–Crippen MR) is 87.2 cm³/mol. The van der Waals surface area contributed by atoms with Crippen LogP contribution >= 0.6 is 0 Å². The minimum atomic E-state index is -3.51. The molecule has 5 heteroatoms. The van der Waals surface area contributed by atoms with E-state index >= 15 is 0 Å². The molecule has 0 radical (unpaired) electrons. The van der Waals surface area contributed by atoms with Crippen LogP contribution in [0.2, 0.25) is 8.87 Å². The minimum absolute atomic E-state index is 0.177. The molecule has 21 heavy (non-hydrogen) atoms. The van der Waals surface area contributed by atoms with Crippen LogP contribution in [0.5, 0.6) is 0 Å². The van der Waals surface area contributed by atoms with Gasteiger partial charge in [0.15, 0.2) is 0 Å². The Morgan fingerprint density at radius 3 is 1.38 bits per heavy atom. The fourth-order valence-electron chi connectivity index (χ4n) is 2.12. The predicted octanol–water partition coefficient (Wildman–Crippen LogP) is 4.72. The van der Waals surface area contributed by atoms with Crippen LogP contribution in [-0.2, 0) is 15.7 Å². The molecule has 0 atom stereocenters. The second-order valence-corrected chi connectivity index (χ2v) is 15.9. The number of hydrogen-bond donors (Lipinski definition) is 0. The van der Waals surface area contributed by atoms with E-state index in [1.54, 1.807) is 0 Å². The number of rotatable bonds is 12. The molecule has 0 spiro atoms. The van der Waals surface area contributed by atoms with Gasteiger partial charge in [-0.25, -0.2) is 0 Å². The molecule has 4 nitrogen and oxygen atoms in total. The quantitative estimate of drug-likeness (QED) is 0.347. The van der Waals surface area contributed by atoms with Crippen LogP contribution in [0.3, 0.4) is 0 Å². The molecule has 0 bridgehead atoms. The summed E-state index contributed by atoms with van der Waals surface area (Å²) >= 11 is -3.51. The Morgan fingerprint density at radius 1 is 0.714 bits per heavy atom. The zero-order valence-corrected chi connectivity index (χ0v) is 17.1. The van der Waals surface area contributed by atoms with Gasteiger partial charge in [0.05, 0.1) is 0 Å². The van der Waals surface area contributed by atoms with Crippen molar-refractivity contribution in [2.75, 3.05) is 0 Å². The molecule has 0 aliphatic heterocycles. The van der Waals surface area contributed by atoms with Gasteiger partial charge in [-0.05, 0) is 0 Å². The Balaban J connectivity index is 4.39. The van der Waals surface area contributed by atoms with Crippen LogP contribution in [0.15, 0.2) is 0 Å². The van der Waals surface area contributed by atoms with Crippen molar-refractivity contribution in [2.45, 2.75) is 87.9 Å². The van der Waals surface area contributed by atoms with Crippen molar-refractivity contribution in [3.63, 3.8) is 0 Å². The Kier molecular flexibility index (Phi) is 12.1. The van der Waals surface area contributed by atoms with Crippen LogP contribution < -0.4 is 0 Å². The Bertz CT molecular complexity index is 275. The van der Waals surface area contributed by atoms with E-state index in [2.05, 4.69) is 13.8 Å². The molecule has 0 aromatic heterocycles. The zero-order chi connectivity index (χ0) is 16.1. The van der Waals surface area contributed by atoms with Crippen molar-refractivity contribution in [3.05, 3.63) is 0 Å². The van der Waals surface area contributed by atoms with Crippen molar-refractivity contribution in [2.24, 2.45) is 0 Å². The Labute approximate surface area is 134 Å². The molecule has 0 aliphatic rings. The summed E-state index contributed by atoms with van der Waals surface area (Å²) in [6.07, 6.45) is 6.83. The summed E-state index contributed by atoms with van der Waals surface area (Å²) < 4.78 is 12.8. The molecule has 0 unspecified atom stereocenters. The van der Waals surface area contributed by atoms with Gasteiger partial charge in [-0.1, -0.05) is 0 Å². The first-order valence-corrected chi connectivity index (χ1v) is 14.8. The summed E-state index contributed by atoms with van der Waals surface area (Å²) in [4.78, 5) is 23.9. The van der Waals surface area contributed by atoms with Crippen LogP contribution in [0.25, 0.3) is 0 Å². The van der Waals surface area contributed by atoms with E-state index in [1.807, 2.05) is 13.8 Å². The molecule has 0 heterocycles. The van der Waals surface area contributed by atoms with Crippen LogP contribution in [0.4, 0.5) is 0 Å². The Hall–Kier alpha value is -0.261. The Morgan fingerprint density at radius 2 is 1.10 bits per heavy atom. The standard InChI is InChI=1S/2C6H12O2.2C2H5.Sn/c2*1-2-3-4-5-6(7)8;2*1-2;/h2*2-5H2,1H3,(H,7,8);2*1H2,2H3;/q;;;;+2/p-2. The van der Waals surface area contributed by atoms with E-state index in [1.165, 1.54) is 0 Å². The maximum absolute atomic E-state index is 11.9. The average molecular weight is 407 g/mol. The van der Waals surface area contributed by atoms with Crippen LogP contribution in [0, 0.1) is 0 Å². The molecule has 0 N–H and O–H groups in total. The fraction of sp³-hybridized carbons (Fsp3) is 0.875. The van der Waals surface area contributed by atoms with E-state index < -0.39 is 19.2 Å². The molecule has 0 rings (SSSR count). The zero-order valence-electron chi connectivity index (χ0n) is 14.2. The van der Waals surface area contributed by atoms with E-state index in [-0.39, 0.29) is 11.9 Å². The van der Waals surface area contributed by atoms with E-state index in [0.717, 1.165) is 38.5 Å². The monoisotopic (exact) mass is 408 g/mol. The summed E-state index contributed by atoms with van der Waals surface area (Å²) in [7, 11) is 0. The third-order valence-electron chi connectivity index (χ3n) is 3.65. The molecule has 0 fully saturated rings. The van der Waals surface area contributed by atoms with E-state index in [0.29, 0.717) is 21.7 Å². The third-order valence-corrected chi connectivity index (χ3v) is 13.2. The first kappa shape index (κ1) is 20.7. The maximum atomic E-state index is 11.9. The van der Waals surface area contributed by atoms with Crippen molar-refractivity contribution >= 4 is 31.1 Å². The summed E-state index contributed by atoms with van der Waals surface area (Å²) in [6.45, 7) is 8.15. The van der Waals surface area contributed by atoms with Gasteiger partial charge in [-0.3, -0.25) is 0 Å². The first-order valence-electron chi connectivity index (χ1n) is 8.47. The normalized spacial score (nSPS) is 11.2. The summed E-state index contributed by atoms with van der Waals surface area (Å²) in [5.41, 5.74) is 0. The topological polar surface area (TPSA) is 52.6 Å². The molecular formula is C16H32O4Sn. The van der Waals surface area contributed by atoms with Gasteiger partial charge in [0.25, 0.3) is 0 Å². The summed E-state index contributed by atoms with van der Waals surface area (Å²) in [6, 6.07) is 0. The van der Waals surface area contributed by atoms with Gasteiger partial charge >= 0.3 is 135 Å². The molecule has 0 amide bonds. The van der Waals surface area contributed by atoms with Crippen molar-refractivity contribution < 1.29 is 15.7 Å².